The first kappa shape index (κ1) is 32.1. The summed E-state index contributed by atoms with van der Waals surface area (Å²) in [6.45, 7) is 4.42. The summed E-state index contributed by atoms with van der Waals surface area (Å²) in [5.74, 6) is 3.18. The summed E-state index contributed by atoms with van der Waals surface area (Å²) in [7, 11) is 0. The van der Waals surface area contributed by atoms with Gasteiger partial charge in [0.05, 0.1) is 11.1 Å². The van der Waals surface area contributed by atoms with E-state index in [2.05, 4.69) is 44.8 Å². The predicted octanol–water partition coefficient (Wildman–Crippen LogP) is 7.56. The Morgan fingerprint density at radius 1 is 0.535 bits per heavy atom. The molecule has 0 bridgehead atoms. The molecule has 223 valence electrons. The van der Waals surface area contributed by atoms with Gasteiger partial charge in [-0.05, 0) is 18.5 Å². The molecule has 0 saturated heterocycles. The normalized spacial score (nSPS) is 10.8. The Balaban J connectivity index is 0.00000423. The minimum Gasteiger partial charge on any atom is -0.304 e. The molecule has 0 aliphatic carbocycles. The molecule has 0 amide bonds. The van der Waals surface area contributed by atoms with Crippen molar-refractivity contribution >= 4 is 0 Å². The van der Waals surface area contributed by atoms with Crippen molar-refractivity contribution in [1.29, 1.82) is 0 Å². The smallest absolute Gasteiger partial charge is 0.167 e. The summed E-state index contributed by atoms with van der Waals surface area (Å²) in [6.07, 6.45) is 20.2. The molecule has 4 aromatic heterocycles. The molecule has 5 aromatic rings. The molecule has 43 heavy (non-hydrogen) atoms. The zero-order valence-electron chi connectivity index (χ0n) is 24.8. The SMILES string of the molecule is CCCCCCc1ncc(-c2nc(-c3ccc(-c4[c-]cccc4)nc3)nc(-c3cnc(CCCCCC)nc3)n2)cn1.[Ir]. The van der Waals surface area contributed by atoms with Crippen LogP contribution < -0.4 is 0 Å². The number of hydrogen-bond acceptors (Lipinski definition) is 8. The summed E-state index contributed by atoms with van der Waals surface area (Å²) < 4.78 is 0. The van der Waals surface area contributed by atoms with E-state index in [-0.39, 0.29) is 20.1 Å². The van der Waals surface area contributed by atoms with Gasteiger partial charge in [-0.2, -0.15) is 0 Å². The molecule has 0 fully saturated rings. The van der Waals surface area contributed by atoms with Gasteiger partial charge in [0.15, 0.2) is 17.5 Å². The van der Waals surface area contributed by atoms with E-state index in [0.717, 1.165) is 65.3 Å². The molecule has 9 heteroatoms. The van der Waals surface area contributed by atoms with Crippen LogP contribution in [0.15, 0.2) is 67.4 Å². The van der Waals surface area contributed by atoms with Crippen molar-refractivity contribution in [2.24, 2.45) is 0 Å². The third-order valence-corrected chi connectivity index (χ3v) is 7.08. The summed E-state index contributed by atoms with van der Waals surface area (Å²) in [4.78, 5) is 37.5. The quantitative estimate of drug-likeness (QED) is 0.0847. The van der Waals surface area contributed by atoms with Gasteiger partial charge in [-0.1, -0.05) is 64.5 Å². The minimum atomic E-state index is 0. The maximum atomic E-state index is 4.80. The molecule has 1 radical (unpaired) electrons. The van der Waals surface area contributed by atoms with Gasteiger partial charge in [0.2, 0.25) is 0 Å². The molecule has 0 N–H and O–H groups in total. The molecule has 0 aliphatic heterocycles. The van der Waals surface area contributed by atoms with Crippen LogP contribution in [0.3, 0.4) is 0 Å². The number of aryl methyl sites for hydroxylation is 2. The number of nitrogens with zero attached hydrogens (tertiary/aromatic N) is 8. The third kappa shape index (κ3) is 9.09. The zero-order valence-corrected chi connectivity index (χ0v) is 27.2. The molecule has 0 aliphatic rings. The van der Waals surface area contributed by atoms with E-state index in [1.165, 1.54) is 38.5 Å². The van der Waals surface area contributed by atoms with Crippen LogP contribution in [0.5, 0.6) is 0 Å². The summed E-state index contributed by atoms with van der Waals surface area (Å²) in [5, 5.41) is 0. The average molecular weight is 750 g/mol. The fourth-order valence-corrected chi connectivity index (χ4v) is 4.62. The fourth-order valence-electron chi connectivity index (χ4n) is 4.62. The van der Waals surface area contributed by atoms with Crippen LogP contribution in [-0.4, -0.2) is 39.9 Å². The average Bonchev–Trinajstić information content (AvgIpc) is 3.06. The Kier molecular flexibility index (Phi) is 12.5. The molecule has 5 rings (SSSR count). The largest absolute Gasteiger partial charge is 0.304 e. The first-order valence-electron chi connectivity index (χ1n) is 15.1. The van der Waals surface area contributed by atoms with Gasteiger partial charge in [0, 0.05) is 69.5 Å². The predicted molar refractivity (Wildman–Crippen MR) is 165 cm³/mol. The van der Waals surface area contributed by atoms with Crippen LogP contribution in [0.4, 0.5) is 0 Å². The van der Waals surface area contributed by atoms with Crippen molar-refractivity contribution in [3.8, 4) is 45.4 Å². The number of rotatable bonds is 14. The van der Waals surface area contributed by atoms with E-state index in [9.17, 15) is 0 Å². The molecular weight excluding hydrogens is 713 g/mol. The van der Waals surface area contributed by atoms with E-state index >= 15 is 0 Å². The standard InChI is InChI=1S/C34H37N8.Ir/c1-3-5-7-12-16-30-36-21-27(22-37-30)33-40-32(26-18-19-29(35-20-26)25-14-10-9-11-15-25)41-34(42-33)28-23-38-31(39-24-28)17-13-8-6-4-2;/h9-11,14,18-24H,3-8,12-13,16-17H2,1-2H3;/q-1;. The van der Waals surface area contributed by atoms with E-state index in [1.807, 2.05) is 36.4 Å². The second kappa shape index (κ2) is 16.7. The van der Waals surface area contributed by atoms with Gasteiger partial charge < -0.3 is 4.98 Å². The second-order valence-corrected chi connectivity index (χ2v) is 10.4. The minimum absolute atomic E-state index is 0. The molecule has 4 heterocycles. The number of pyridine rings is 1. The Morgan fingerprint density at radius 3 is 1.49 bits per heavy atom. The Labute approximate surface area is 267 Å². The van der Waals surface area contributed by atoms with Gasteiger partial charge in [0.1, 0.15) is 11.6 Å². The summed E-state index contributed by atoms with van der Waals surface area (Å²) in [6, 6.07) is 14.9. The van der Waals surface area contributed by atoms with Gasteiger partial charge in [-0.3, -0.25) is 0 Å². The first-order valence-corrected chi connectivity index (χ1v) is 15.1. The van der Waals surface area contributed by atoms with E-state index in [0.29, 0.717) is 17.5 Å². The molecule has 0 unspecified atom stereocenters. The number of benzene rings is 1. The van der Waals surface area contributed by atoms with Crippen LogP contribution in [0, 0.1) is 6.07 Å². The van der Waals surface area contributed by atoms with Crippen molar-refractivity contribution in [1.82, 2.24) is 39.9 Å². The number of unbranched alkanes of at least 4 members (excludes halogenated alkanes) is 6. The number of hydrogen-bond donors (Lipinski definition) is 0. The molecule has 8 nitrogen and oxygen atoms in total. The Bertz CT molecular complexity index is 1450. The van der Waals surface area contributed by atoms with Crippen LogP contribution >= 0.6 is 0 Å². The summed E-state index contributed by atoms with van der Waals surface area (Å²) >= 11 is 0. The molecule has 0 spiro atoms. The molecule has 0 atom stereocenters. The van der Waals surface area contributed by atoms with Gasteiger partial charge in [-0.25, -0.2) is 34.9 Å². The maximum Gasteiger partial charge on any atom is 0.167 e. The van der Waals surface area contributed by atoms with Crippen LogP contribution in [0.1, 0.15) is 76.9 Å². The van der Waals surface area contributed by atoms with Gasteiger partial charge in [-0.15, -0.1) is 35.9 Å². The molecule has 1 aromatic carbocycles. The number of aromatic nitrogens is 8. The van der Waals surface area contributed by atoms with E-state index in [1.54, 1.807) is 31.0 Å². The van der Waals surface area contributed by atoms with Crippen molar-refractivity contribution in [2.75, 3.05) is 0 Å². The van der Waals surface area contributed by atoms with Crippen molar-refractivity contribution in [3.05, 3.63) is 85.1 Å². The van der Waals surface area contributed by atoms with Crippen molar-refractivity contribution in [2.45, 2.75) is 78.1 Å². The van der Waals surface area contributed by atoms with Gasteiger partial charge >= 0.3 is 0 Å². The topological polar surface area (TPSA) is 103 Å². The molecular formula is C34H37IrN8-. The van der Waals surface area contributed by atoms with Gasteiger partial charge in [0.25, 0.3) is 0 Å². The summed E-state index contributed by atoms with van der Waals surface area (Å²) in [5.41, 5.74) is 4.00. The third-order valence-electron chi connectivity index (χ3n) is 7.08. The first-order chi connectivity index (χ1) is 20.7. The monoisotopic (exact) mass is 750 g/mol. The van der Waals surface area contributed by atoms with E-state index in [4.69, 9.17) is 15.0 Å². The van der Waals surface area contributed by atoms with Crippen molar-refractivity contribution in [3.63, 3.8) is 0 Å². The Morgan fingerprint density at radius 2 is 1.05 bits per heavy atom. The molecule has 0 saturated carbocycles. The second-order valence-electron chi connectivity index (χ2n) is 10.4. The van der Waals surface area contributed by atoms with Crippen LogP contribution in [0.2, 0.25) is 0 Å². The fraction of sp³-hybridized carbons (Fsp3) is 0.353. The van der Waals surface area contributed by atoms with Crippen LogP contribution in [0.25, 0.3) is 45.4 Å². The maximum absolute atomic E-state index is 4.80. The van der Waals surface area contributed by atoms with Crippen LogP contribution in [-0.2, 0) is 32.9 Å². The van der Waals surface area contributed by atoms with Crippen molar-refractivity contribution < 1.29 is 20.1 Å². The zero-order chi connectivity index (χ0) is 29.0. The van der Waals surface area contributed by atoms with E-state index < -0.39 is 0 Å². The Hall–Kier alpha value is -3.81.